The molecule has 28 heavy (non-hydrogen) atoms. The van der Waals surface area contributed by atoms with Gasteiger partial charge in [-0.3, -0.25) is 4.79 Å². The zero-order chi connectivity index (χ0) is 19.3. The molecule has 1 aromatic carbocycles. The molecular formula is C22H22N4O2. The fourth-order valence-corrected chi connectivity index (χ4v) is 3.46. The summed E-state index contributed by atoms with van der Waals surface area (Å²) in [6.07, 6.45) is 6.63. The van der Waals surface area contributed by atoms with Gasteiger partial charge in [0, 0.05) is 35.9 Å². The molecule has 1 amide bonds. The number of fused-ring (bicyclic) bond motifs is 1. The van der Waals surface area contributed by atoms with E-state index >= 15 is 0 Å². The minimum atomic E-state index is -0.189. The largest absolute Gasteiger partial charge is 0.396 e. The first-order valence-electron chi connectivity index (χ1n) is 9.45. The number of aromatic nitrogens is 2. The summed E-state index contributed by atoms with van der Waals surface area (Å²) in [7, 11) is 0. The first kappa shape index (κ1) is 18.1. The average molecular weight is 374 g/mol. The first-order chi connectivity index (χ1) is 13.8. The molecule has 2 aromatic heterocycles. The lowest BCUT2D eigenvalue weighted by Crippen LogP contribution is -2.14. The maximum atomic E-state index is 12.5. The van der Waals surface area contributed by atoms with Crippen LogP contribution in [0.15, 0.2) is 59.3 Å². The third-order valence-electron chi connectivity index (χ3n) is 4.88. The smallest absolute Gasteiger partial charge is 0.273 e. The second-order valence-corrected chi connectivity index (χ2v) is 6.82. The molecule has 0 bridgehead atoms. The Morgan fingerprint density at radius 1 is 1.07 bits per heavy atom. The standard InChI is InChI=1S/C22H22N4O2/c27-12-5-4-10-19-17(16-9-6-11-23-21(16)24-19)14-18-20(25-26-22(18)28)13-15-7-2-1-3-8-15/h1-3,6-9,11,14,27H,4-5,10,12-13H2,(H,23,24)(H,26,28). The van der Waals surface area contributed by atoms with Crippen LogP contribution in [-0.4, -0.2) is 33.3 Å². The van der Waals surface area contributed by atoms with Gasteiger partial charge in [0.2, 0.25) is 0 Å². The van der Waals surface area contributed by atoms with Crippen molar-refractivity contribution in [2.45, 2.75) is 25.7 Å². The number of aliphatic hydroxyl groups excluding tert-OH is 1. The lowest BCUT2D eigenvalue weighted by molar-refractivity contribution is -0.116. The zero-order valence-electron chi connectivity index (χ0n) is 15.5. The number of rotatable bonds is 7. The van der Waals surface area contributed by atoms with Crippen LogP contribution in [0.3, 0.4) is 0 Å². The predicted molar refractivity (Wildman–Crippen MR) is 110 cm³/mol. The van der Waals surface area contributed by atoms with E-state index in [1.807, 2.05) is 48.5 Å². The number of amides is 1. The average Bonchev–Trinajstić information content (AvgIpc) is 3.24. The van der Waals surface area contributed by atoms with Gasteiger partial charge in [-0.05, 0) is 43.0 Å². The highest BCUT2D eigenvalue weighted by atomic mass is 16.2. The van der Waals surface area contributed by atoms with Crippen molar-refractivity contribution in [3.8, 4) is 0 Å². The summed E-state index contributed by atoms with van der Waals surface area (Å²) in [5, 5.41) is 14.3. The number of nitrogens with one attached hydrogen (secondary N) is 2. The number of benzene rings is 1. The second-order valence-electron chi connectivity index (χ2n) is 6.82. The predicted octanol–water partition coefficient (Wildman–Crippen LogP) is 2.99. The maximum absolute atomic E-state index is 12.5. The van der Waals surface area contributed by atoms with Crippen molar-refractivity contribution in [3.05, 3.63) is 71.1 Å². The van der Waals surface area contributed by atoms with Crippen molar-refractivity contribution in [2.24, 2.45) is 5.10 Å². The third-order valence-corrected chi connectivity index (χ3v) is 4.88. The van der Waals surface area contributed by atoms with E-state index in [0.29, 0.717) is 12.0 Å². The molecular weight excluding hydrogens is 352 g/mol. The molecule has 4 rings (SSSR count). The van der Waals surface area contributed by atoms with Crippen molar-refractivity contribution >= 4 is 28.7 Å². The van der Waals surface area contributed by atoms with Gasteiger partial charge in [0.1, 0.15) is 5.65 Å². The molecule has 0 saturated carbocycles. The van der Waals surface area contributed by atoms with Crippen molar-refractivity contribution in [1.82, 2.24) is 15.4 Å². The van der Waals surface area contributed by atoms with Crippen molar-refractivity contribution in [1.29, 1.82) is 0 Å². The molecule has 6 heteroatoms. The van der Waals surface area contributed by atoms with E-state index in [2.05, 4.69) is 20.5 Å². The summed E-state index contributed by atoms with van der Waals surface area (Å²) in [6, 6.07) is 13.9. The van der Waals surface area contributed by atoms with Gasteiger partial charge in [0.25, 0.3) is 5.91 Å². The van der Waals surface area contributed by atoms with E-state index in [1.165, 1.54) is 0 Å². The van der Waals surface area contributed by atoms with E-state index < -0.39 is 0 Å². The van der Waals surface area contributed by atoms with Gasteiger partial charge in [-0.25, -0.2) is 10.4 Å². The normalized spacial score (nSPS) is 15.2. The molecule has 3 heterocycles. The van der Waals surface area contributed by atoms with E-state index in [-0.39, 0.29) is 12.5 Å². The number of H-pyrrole nitrogens is 1. The molecule has 0 saturated heterocycles. The number of hydrogen-bond acceptors (Lipinski definition) is 4. The van der Waals surface area contributed by atoms with Crippen LogP contribution in [-0.2, 0) is 17.6 Å². The molecule has 3 aromatic rings. The highest BCUT2D eigenvalue weighted by Gasteiger charge is 2.24. The first-order valence-corrected chi connectivity index (χ1v) is 9.45. The van der Waals surface area contributed by atoms with Gasteiger partial charge in [-0.2, -0.15) is 5.10 Å². The topological polar surface area (TPSA) is 90.4 Å². The van der Waals surface area contributed by atoms with Gasteiger partial charge in [-0.15, -0.1) is 0 Å². The lowest BCUT2D eigenvalue weighted by atomic mass is 9.98. The van der Waals surface area contributed by atoms with Crippen LogP contribution in [0.4, 0.5) is 0 Å². The van der Waals surface area contributed by atoms with Crippen molar-refractivity contribution < 1.29 is 9.90 Å². The van der Waals surface area contributed by atoms with Crippen LogP contribution in [0, 0.1) is 0 Å². The van der Waals surface area contributed by atoms with Gasteiger partial charge >= 0.3 is 0 Å². The number of nitrogens with zero attached hydrogens (tertiary/aromatic N) is 2. The number of hydrazone groups is 1. The van der Waals surface area contributed by atoms with Crippen LogP contribution < -0.4 is 5.43 Å². The van der Waals surface area contributed by atoms with E-state index in [9.17, 15) is 4.79 Å². The lowest BCUT2D eigenvalue weighted by Gasteiger charge is -2.04. The minimum absolute atomic E-state index is 0.172. The van der Waals surface area contributed by atoms with Crippen LogP contribution in [0.5, 0.6) is 0 Å². The third kappa shape index (κ3) is 3.73. The Kier molecular flexibility index (Phi) is 5.30. The summed E-state index contributed by atoms with van der Waals surface area (Å²) in [6.45, 7) is 0.172. The summed E-state index contributed by atoms with van der Waals surface area (Å²) in [5.74, 6) is -0.189. The molecule has 0 spiro atoms. The van der Waals surface area contributed by atoms with Gasteiger partial charge in [0.15, 0.2) is 0 Å². The van der Waals surface area contributed by atoms with Crippen molar-refractivity contribution in [3.63, 3.8) is 0 Å². The number of aromatic amines is 1. The van der Waals surface area contributed by atoms with Crippen molar-refractivity contribution in [2.75, 3.05) is 6.61 Å². The monoisotopic (exact) mass is 374 g/mol. The highest BCUT2D eigenvalue weighted by Crippen LogP contribution is 2.26. The number of hydrogen-bond donors (Lipinski definition) is 3. The number of pyridine rings is 1. The Bertz CT molecular complexity index is 1050. The number of carbonyl (C=O) groups is 1. The summed E-state index contributed by atoms with van der Waals surface area (Å²) in [4.78, 5) is 20.2. The van der Waals surface area contributed by atoms with Crippen LogP contribution in [0.1, 0.15) is 29.7 Å². The van der Waals surface area contributed by atoms with Gasteiger partial charge in [0.05, 0.1) is 11.3 Å². The molecule has 1 aliphatic rings. The molecule has 3 N–H and O–H groups in total. The summed E-state index contributed by atoms with van der Waals surface area (Å²) >= 11 is 0. The Hall–Kier alpha value is -3.25. The van der Waals surface area contributed by atoms with Crippen LogP contribution >= 0.6 is 0 Å². The van der Waals surface area contributed by atoms with Gasteiger partial charge < -0.3 is 10.1 Å². The molecule has 1 aliphatic heterocycles. The highest BCUT2D eigenvalue weighted by molar-refractivity contribution is 6.28. The Balaban J connectivity index is 1.71. The summed E-state index contributed by atoms with van der Waals surface area (Å²) in [5.41, 5.74) is 7.80. The maximum Gasteiger partial charge on any atom is 0.273 e. The van der Waals surface area contributed by atoms with E-state index in [4.69, 9.17) is 5.11 Å². The molecule has 0 aliphatic carbocycles. The second kappa shape index (κ2) is 8.19. The molecule has 6 nitrogen and oxygen atoms in total. The van der Waals surface area contributed by atoms with Crippen LogP contribution in [0.2, 0.25) is 0 Å². The minimum Gasteiger partial charge on any atom is -0.396 e. The summed E-state index contributed by atoms with van der Waals surface area (Å²) < 4.78 is 0. The fraction of sp³-hybridized carbons (Fsp3) is 0.227. The quantitative estimate of drug-likeness (QED) is 0.439. The molecule has 0 unspecified atom stereocenters. The van der Waals surface area contributed by atoms with Gasteiger partial charge in [-0.1, -0.05) is 30.3 Å². The van der Waals surface area contributed by atoms with E-state index in [0.717, 1.165) is 52.8 Å². The fourth-order valence-electron chi connectivity index (χ4n) is 3.46. The zero-order valence-corrected chi connectivity index (χ0v) is 15.5. The molecule has 0 radical (unpaired) electrons. The Morgan fingerprint density at radius 2 is 1.93 bits per heavy atom. The number of carbonyl (C=O) groups excluding carboxylic acids is 1. The van der Waals surface area contributed by atoms with E-state index in [1.54, 1.807) is 6.20 Å². The van der Waals surface area contributed by atoms with Crippen LogP contribution in [0.25, 0.3) is 17.1 Å². The Labute approximate surface area is 163 Å². The number of aryl methyl sites for hydroxylation is 1. The Morgan fingerprint density at radius 3 is 2.75 bits per heavy atom. The number of aliphatic hydroxyl groups is 1. The number of unbranched alkanes of at least 4 members (excludes halogenated alkanes) is 1. The molecule has 142 valence electrons. The SMILES string of the molecule is O=C1NN=C(Cc2ccccc2)C1=Cc1c(CCCCO)[nH]c2ncccc12. The molecule has 0 atom stereocenters. The molecule has 0 fully saturated rings.